The molecule has 30 heavy (non-hydrogen) atoms. The van der Waals surface area contributed by atoms with Gasteiger partial charge >= 0.3 is 6.18 Å². The summed E-state index contributed by atoms with van der Waals surface area (Å²) in [5.74, 6) is 0.611. The molecular formula is C24H15F3N2O. The summed E-state index contributed by atoms with van der Waals surface area (Å²) in [4.78, 5) is 0. The van der Waals surface area contributed by atoms with Crippen molar-refractivity contribution in [3.63, 3.8) is 0 Å². The van der Waals surface area contributed by atoms with E-state index in [1.807, 2.05) is 53.2 Å². The number of aromatic nitrogens is 1. The summed E-state index contributed by atoms with van der Waals surface area (Å²) in [7, 11) is 0. The smallest absolute Gasteiger partial charge is 0.417 e. The van der Waals surface area contributed by atoms with Crippen molar-refractivity contribution in [1.29, 1.82) is 5.26 Å². The number of rotatable bonds is 4. The molecule has 1 heterocycles. The van der Waals surface area contributed by atoms with Crippen LogP contribution in [0.25, 0.3) is 22.7 Å². The van der Waals surface area contributed by atoms with Crippen molar-refractivity contribution in [1.82, 2.24) is 4.57 Å². The Labute approximate surface area is 170 Å². The van der Waals surface area contributed by atoms with Gasteiger partial charge in [-0.2, -0.15) is 18.4 Å². The monoisotopic (exact) mass is 404 g/mol. The van der Waals surface area contributed by atoms with Gasteiger partial charge in [0.05, 0.1) is 22.7 Å². The Balaban J connectivity index is 1.61. The van der Waals surface area contributed by atoms with Gasteiger partial charge in [-0.05, 0) is 60.2 Å². The molecule has 148 valence electrons. The Bertz CT molecular complexity index is 1280. The van der Waals surface area contributed by atoms with Crippen molar-refractivity contribution in [3.8, 4) is 23.3 Å². The second-order valence-corrected chi connectivity index (χ2v) is 6.58. The summed E-state index contributed by atoms with van der Waals surface area (Å²) in [5.41, 5.74) is 1.52. The van der Waals surface area contributed by atoms with Gasteiger partial charge in [-0.15, -0.1) is 0 Å². The number of hydrogen-bond donors (Lipinski definition) is 0. The molecule has 0 aliphatic rings. The number of ether oxygens (including phenoxy) is 1. The lowest BCUT2D eigenvalue weighted by atomic mass is 10.1. The second-order valence-electron chi connectivity index (χ2n) is 6.58. The summed E-state index contributed by atoms with van der Waals surface area (Å²) in [5, 5.41) is 10.1. The normalized spacial score (nSPS) is 11.3. The van der Waals surface area contributed by atoms with Crippen LogP contribution in [0.4, 0.5) is 13.2 Å². The maximum Gasteiger partial charge on any atom is 0.417 e. The molecular weight excluding hydrogens is 389 g/mol. The minimum Gasteiger partial charge on any atom is -0.457 e. The molecule has 0 bridgehead atoms. The zero-order chi connectivity index (χ0) is 21.3. The highest BCUT2D eigenvalue weighted by Crippen LogP contribution is 2.34. The number of nitrogens with zero attached hydrogens (tertiary/aromatic N) is 2. The number of fused-ring (bicyclic) bond motifs is 1. The number of hydrogen-bond acceptors (Lipinski definition) is 2. The zero-order valence-electron chi connectivity index (χ0n) is 15.6. The molecule has 0 unspecified atom stereocenters. The highest BCUT2D eigenvalue weighted by Gasteiger charge is 2.33. The van der Waals surface area contributed by atoms with Crippen LogP contribution in [0.5, 0.6) is 11.5 Å². The third kappa shape index (κ3) is 3.53. The van der Waals surface area contributed by atoms with Gasteiger partial charge in [-0.3, -0.25) is 0 Å². The highest BCUT2D eigenvalue weighted by atomic mass is 19.4. The Morgan fingerprint density at radius 2 is 1.70 bits per heavy atom. The quantitative estimate of drug-likeness (QED) is 0.369. The highest BCUT2D eigenvalue weighted by molar-refractivity contribution is 5.90. The third-order valence-electron chi connectivity index (χ3n) is 4.75. The average Bonchev–Trinajstić information content (AvgIpc) is 3.17. The first-order valence-corrected chi connectivity index (χ1v) is 9.03. The third-order valence-corrected chi connectivity index (χ3v) is 4.75. The molecule has 3 aromatic carbocycles. The molecule has 0 radical (unpaired) electrons. The molecule has 4 aromatic rings. The van der Waals surface area contributed by atoms with Crippen LogP contribution in [-0.2, 0) is 6.18 Å². The Morgan fingerprint density at radius 3 is 2.37 bits per heavy atom. The first kappa shape index (κ1) is 19.3. The maximum absolute atomic E-state index is 12.9. The van der Waals surface area contributed by atoms with Crippen molar-refractivity contribution in [3.05, 3.63) is 96.2 Å². The Hall–Kier alpha value is -3.98. The van der Waals surface area contributed by atoms with Crippen LogP contribution < -0.4 is 4.74 Å². The van der Waals surface area contributed by atoms with Crippen LogP contribution in [0.1, 0.15) is 16.7 Å². The van der Waals surface area contributed by atoms with Gasteiger partial charge in [0.1, 0.15) is 11.5 Å². The SMILES string of the molecule is C=Cc1cccc2c1ccn2-c1ccc(Oc2ccc(C(F)(F)F)c(C#N)c2)cc1. The largest absolute Gasteiger partial charge is 0.457 e. The fourth-order valence-electron chi connectivity index (χ4n) is 3.33. The molecule has 0 fully saturated rings. The van der Waals surface area contributed by atoms with Gasteiger partial charge in [0.25, 0.3) is 0 Å². The summed E-state index contributed by atoms with van der Waals surface area (Å²) in [6, 6.07) is 19.9. The molecule has 3 nitrogen and oxygen atoms in total. The molecule has 0 saturated carbocycles. The second kappa shape index (κ2) is 7.45. The zero-order valence-corrected chi connectivity index (χ0v) is 15.6. The Morgan fingerprint density at radius 1 is 0.967 bits per heavy atom. The van der Waals surface area contributed by atoms with Crippen LogP contribution in [0, 0.1) is 11.3 Å². The van der Waals surface area contributed by atoms with E-state index >= 15 is 0 Å². The number of benzene rings is 3. The van der Waals surface area contributed by atoms with Crippen LogP contribution in [0.3, 0.4) is 0 Å². The lowest BCUT2D eigenvalue weighted by Crippen LogP contribution is -2.07. The molecule has 0 aliphatic carbocycles. The van der Waals surface area contributed by atoms with E-state index in [2.05, 4.69) is 6.58 Å². The standard InChI is InChI=1S/C24H15F3N2O/c1-2-16-4-3-5-23-21(16)12-13-29(23)18-6-8-19(9-7-18)30-20-10-11-22(24(25,26)27)17(14-20)15-28/h2-14H,1H2. The van der Waals surface area contributed by atoms with Gasteiger partial charge in [-0.1, -0.05) is 24.8 Å². The van der Waals surface area contributed by atoms with E-state index in [-0.39, 0.29) is 5.75 Å². The van der Waals surface area contributed by atoms with Gasteiger partial charge in [0.2, 0.25) is 0 Å². The van der Waals surface area contributed by atoms with Crippen LogP contribution >= 0.6 is 0 Å². The molecule has 0 N–H and O–H groups in total. The predicted octanol–water partition coefficient (Wildman–Crippen LogP) is 6.96. The molecule has 0 aliphatic heterocycles. The van der Waals surface area contributed by atoms with Gasteiger partial charge < -0.3 is 9.30 Å². The number of alkyl halides is 3. The van der Waals surface area contributed by atoms with Gasteiger partial charge in [0.15, 0.2) is 0 Å². The minimum atomic E-state index is -4.59. The molecule has 0 amide bonds. The lowest BCUT2D eigenvalue weighted by Gasteiger charge is -2.12. The summed E-state index contributed by atoms with van der Waals surface area (Å²) in [6.07, 6.45) is -0.817. The van der Waals surface area contributed by atoms with E-state index in [0.29, 0.717) is 5.75 Å². The number of halogens is 3. The van der Waals surface area contributed by atoms with Crippen molar-refractivity contribution >= 4 is 17.0 Å². The van der Waals surface area contributed by atoms with E-state index in [9.17, 15) is 13.2 Å². The van der Waals surface area contributed by atoms with E-state index in [1.165, 1.54) is 6.07 Å². The van der Waals surface area contributed by atoms with Crippen molar-refractivity contribution in [2.75, 3.05) is 0 Å². The fraction of sp³-hybridized carbons (Fsp3) is 0.0417. The first-order valence-electron chi connectivity index (χ1n) is 9.03. The Kier molecular flexibility index (Phi) is 4.80. The van der Waals surface area contributed by atoms with Gasteiger partial charge in [0, 0.05) is 17.3 Å². The molecule has 0 saturated heterocycles. The van der Waals surface area contributed by atoms with E-state index in [1.54, 1.807) is 18.2 Å². The average molecular weight is 404 g/mol. The van der Waals surface area contributed by atoms with Crippen molar-refractivity contribution < 1.29 is 17.9 Å². The lowest BCUT2D eigenvalue weighted by molar-refractivity contribution is -0.137. The molecule has 6 heteroatoms. The summed E-state index contributed by atoms with van der Waals surface area (Å²) < 4.78 is 46.5. The van der Waals surface area contributed by atoms with Crippen LogP contribution in [-0.4, -0.2) is 4.57 Å². The molecule has 0 spiro atoms. The summed E-state index contributed by atoms with van der Waals surface area (Å²) in [6.45, 7) is 3.84. The first-order chi connectivity index (χ1) is 14.4. The van der Waals surface area contributed by atoms with Crippen molar-refractivity contribution in [2.45, 2.75) is 6.18 Å². The van der Waals surface area contributed by atoms with E-state index in [0.717, 1.165) is 34.3 Å². The van der Waals surface area contributed by atoms with E-state index in [4.69, 9.17) is 10.00 Å². The van der Waals surface area contributed by atoms with Crippen LogP contribution in [0.15, 0.2) is 79.5 Å². The van der Waals surface area contributed by atoms with Crippen LogP contribution in [0.2, 0.25) is 0 Å². The number of nitriles is 1. The van der Waals surface area contributed by atoms with E-state index < -0.39 is 17.3 Å². The molecule has 4 rings (SSSR count). The van der Waals surface area contributed by atoms with Crippen molar-refractivity contribution in [2.24, 2.45) is 0 Å². The maximum atomic E-state index is 12.9. The predicted molar refractivity (Wildman–Crippen MR) is 110 cm³/mol. The minimum absolute atomic E-state index is 0.161. The topological polar surface area (TPSA) is 38.0 Å². The molecule has 0 atom stereocenters. The fourth-order valence-corrected chi connectivity index (χ4v) is 3.33. The van der Waals surface area contributed by atoms with Gasteiger partial charge in [-0.25, -0.2) is 0 Å². The molecule has 1 aromatic heterocycles. The summed E-state index contributed by atoms with van der Waals surface area (Å²) >= 11 is 0.